The topological polar surface area (TPSA) is 96.7 Å². The fraction of sp³-hybridized carbons (Fsp3) is 0.200. The molecule has 0 bridgehead atoms. The Bertz CT molecular complexity index is 810. The maximum Gasteiger partial charge on any atom is 0.290 e. The Morgan fingerprint density at radius 2 is 2.00 bits per heavy atom. The maximum atomic E-state index is 10.8. The number of nitrogens with one attached hydrogen (secondary N) is 2. The molecule has 0 aliphatic carbocycles. The summed E-state index contributed by atoms with van der Waals surface area (Å²) in [6.07, 6.45) is 0. The van der Waals surface area contributed by atoms with Crippen molar-refractivity contribution < 1.29 is 4.92 Å². The second-order valence-corrected chi connectivity index (χ2v) is 5.06. The molecule has 3 rings (SSSR count). The number of aryl methyl sites for hydroxylation is 1. The summed E-state index contributed by atoms with van der Waals surface area (Å²) in [4.78, 5) is 22.4. The van der Waals surface area contributed by atoms with Crippen molar-refractivity contribution in [3.63, 3.8) is 0 Å². The number of H-pyrrole nitrogens is 1. The molecule has 7 nitrogen and oxygen atoms in total. The van der Waals surface area contributed by atoms with Crippen molar-refractivity contribution in [2.75, 3.05) is 5.32 Å². The average Bonchev–Trinajstić information content (AvgIpc) is 2.91. The Labute approximate surface area is 126 Å². The molecule has 22 heavy (non-hydrogen) atoms. The van der Waals surface area contributed by atoms with Gasteiger partial charge < -0.3 is 10.3 Å². The minimum Gasteiger partial charge on any atom is -0.360 e. The Hall–Kier alpha value is -2.96. The SMILES string of the molecule is Cc1nc(N[C@H](C)c2nc3ccccc3[nH]2)ccc1[N+](=O)[O-]. The van der Waals surface area contributed by atoms with Crippen LogP contribution in [0.1, 0.15) is 24.5 Å². The number of nitrogens with zero attached hydrogens (tertiary/aromatic N) is 3. The van der Waals surface area contributed by atoms with Crippen LogP contribution in [0.15, 0.2) is 36.4 Å². The fourth-order valence-corrected chi connectivity index (χ4v) is 2.29. The van der Waals surface area contributed by atoms with E-state index in [0.717, 1.165) is 16.9 Å². The zero-order valence-corrected chi connectivity index (χ0v) is 12.2. The lowest BCUT2D eigenvalue weighted by molar-refractivity contribution is -0.385. The second-order valence-electron chi connectivity index (χ2n) is 5.06. The van der Waals surface area contributed by atoms with Crippen LogP contribution in [0.25, 0.3) is 11.0 Å². The van der Waals surface area contributed by atoms with E-state index in [1.807, 2.05) is 31.2 Å². The molecule has 2 N–H and O–H groups in total. The highest BCUT2D eigenvalue weighted by molar-refractivity contribution is 5.74. The number of aromatic nitrogens is 3. The molecular formula is C15H15N5O2. The predicted molar refractivity (Wildman–Crippen MR) is 83.8 cm³/mol. The van der Waals surface area contributed by atoms with Gasteiger partial charge in [0, 0.05) is 6.07 Å². The number of aromatic amines is 1. The lowest BCUT2D eigenvalue weighted by Crippen LogP contribution is -2.10. The monoisotopic (exact) mass is 297 g/mol. The van der Waals surface area contributed by atoms with Crippen LogP contribution in [0.4, 0.5) is 11.5 Å². The number of imidazole rings is 1. The van der Waals surface area contributed by atoms with E-state index in [4.69, 9.17) is 0 Å². The van der Waals surface area contributed by atoms with E-state index in [9.17, 15) is 10.1 Å². The van der Waals surface area contributed by atoms with Gasteiger partial charge in [-0.25, -0.2) is 9.97 Å². The van der Waals surface area contributed by atoms with Crippen LogP contribution in [0.5, 0.6) is 0 Å². The minimum atomic E-state index is -0.436. The summed E-state index contributed by atoms with van der Waals surface area (Å²) < 4.78 is 0. The van der Waals surface area contributed by atoms with Crippen molar-refractivity contribution in [3.8, 4) is 0 Å². The molecule has 7 heteroatoms. The van der Waals surface area contributed by atoms with Crippen LogP contribution in [-0.4, -0.2) is 19.9 Å². The molecule has 0 unspecified atom stereocenters. The minimum absolute atomic E-state index is 0.0157. The molecule has 0 aliphatic rings. The second kappa shape index (κ2) is 5.44. The first-order chi connectivity index (χ1) is 10.5. The number of para-hydroxylation sites is 2. The summed E-state index contributed by atoms with van der Waals surface area (Å²) in [5.74, 6) is 1.37. The molecule has 2 heterocycles. The Balaban J connectivity index is 1.83. The third kappa shape index (κ3) is 2.60. The molecule has 0 amide bonds. The molecule has 1 atom stereocenters. The van der Waals surface area contributed by atoms with E-state index in [-0.39, 0.29) is 11.7 Å². The normalized spacial score (nSPS) is 12.3. The van der Waals surface area contributed by atoms with Gasteiger partial charge in [-0.15, -0.1) is 0 Å². The highest BCUT2D eigenvalue weighted by atomic mass is 16.6. The van der Waals surface area contributed by atoms with Crippen molar-refractivity contribution in [3.05, 3.63) is 58.0 Å². The Morgan fingerprint density at radius 1 is 1.23 bits per heavy atom. The van der Waals surface area contributed by atoms with E-state index >= 15 is 0 Å². The average molecular weight is 297 g/mol. The summed E-state index contributed by atoms with van der Waals surface area (Å²) in [6, 6.07) is 10.8. The Morgan fingerprint density at radius 3 is 2.68 bits per heavy atom. The zero-order valence-electron chi connectivity index (χ0n) is 12.2. The van der Waals surface area contributed by atoms with Gasteiger partial charge in [-0.1, -0.05) is 12.1 Å². The van der Waals surface area contributed by atoms with Crippen LogP contribution in [0.2, 0.25) is 0 Å². The molecule has 0 fully saturated rings. The number of anilines is 1. The molecule has 0 radical (unpaired) electrons. The van der Waals surface area contributed by atoms with Crippen molar-refractivity contribution in [2.24, 2.45) is 0 Å². The summed E-state index contributed by atoms with van der Waals surface area (Å²) in [6.45, 7) is 3.57. The van der Waals surface area contributed by atoms with Gasteiger partial charge in [0.15, 0.2) is 0 Å². The Kier molecular flexibility index (Phi) is 3.46. The number of benzene rings is 1. The van der Waals surface area contributed by atoms with Gasteiger partial charge in [-0.2, -0.15) is 0 Å². The molecule has 0 spiro atoms. The first-order valence-electron chi connectivity index (χ1n) is 6.88. The van der Waals surface area contributed by atoms with Gasteiger partial charge in [0.2, 0.25) is 0 Å². The van der Waals surface area contributed by atoms with E-state index in [1.165, 1.54) is 6.07 Å². The van der Waals surface area contributed by atoms with Gasteiger partial charge in [0.25, 0.3) is 5.69 Å². The lowest BCUT2D eigenvalue weighted by Gasteiger charge is -2.12. The quantitative estimate of drug-likeness (QED) is 0.568. The van der Waals surface area contributed by atoms with Crippen molar-refractivity contribution in [1.82, 2.24) is 15.0 Å². The molecule has 0 saturated carbocycles. The standard InChI is InChI=1S/C15H15N5O2/c1-9-13(20(21)22)7-8-14(16-9)17-10(2)15-18-11-5-3-4-6-12(11)19-15/h3-8,10H,1-2H3,(H,16,17)(H,18,19)/t10-/m1/s1. The lowest BCUT2D eigenvalue weighted by atomic mass is 10.3. The van der Waals surface area contributed by atoms with E-state index in [2.05, 4.69) is 20.3 Å². The van der Waals surface area contributed by atoms with Crippen molar-refractivity contribution in [2.45, 2.75) is 19.9 Å². The van der Waals surface area contributed by atoms with Crippen LogP contribution in [0, 0.1) is 17.0 Å². The van der Waals surface area contributed by atoms with Crippen molar-refractivity contribution >= 4 is 22.5 Å². The predicted octanol–water partition coefficient (Wildman–Crippen LogP) is 3.35. The molecule has 2 aromatic heterocycles. The van der Waals surface area contributed by atoms with Gasteiger partial charge >= 0.3 is 0 Å². The van der Waals surface area contributed by atoms with E-state index < -0.39 is 4.92 Å². The van der Waals surface area contributed by atoms with Gasteiger partial charge in [0.1, 0.15) is 17.3 Å². The van der Waals surface area contributed by atoms with Gasteiger partial charge in [0.05, 0.1) is 22.0 Å². The number of hydrogen-bond acceptors (Lipinski definition) is 5. The number of pyridine rings is 1. The first-order valence-corrected chi connectivity index (χ1v) is 6.88. The maximum absolute atomic E-state index is 10.8. The molecule has 1 aromatic carbocycles. The number of nitro groups is 1. The molecule has 3 aromatic rings. The molecule has 0 aliphatic heterocycles. The highest BCUT2D eigenvalue weighted by Gasteiger charge is 2.15. The van der Waals surface area contributed by atoms with E-state index in [0.29, 0.717) is 11.5 Å². The zero-order chi connectivity index (χ0) is 15.7. The highest BCUT2D eigenvalue weighted by Crippen LogP contribution is 2.22. The van der Waals surface area contributed by atoms with Crippen LogP contribution >= 0.6 is 0 Å². The molecule has 0 saturated heterocycles. The summed E-state index contributed by atoms with van der Waals surface area (Å²) >= 11 is 0. The van der Waals surface area contributed by atoms with Crippen molar-refractivity contribution in [1.29, 1.82) is 0 Å². The molecular weight excluding hydrogens is 282 g/mol. The summed E-state index contributed by atoms with van der Waals surface area (Å²) in [7, 11) is 0. The fourth-order valence-electron chi connectivity index (χ4n) is 2.29. The summed E-state index contributed by atoms with van der Waals surface area (Å²) in [5.41, 5.74) is 2.27. The van der Waals surface area contributed by atoms with Crippen LogP contribution in [-0.2, 0) is 0 Å². The van der Waals surface area contributed by atoms with E-state index in [1.54, 1.807) is 13.0 Å². The molecule has 112 valence electrons. The third-order valence-corrected chi connectivity index (χ3v) is 3.44. The van der Waals surface area contributed by atoms with Gasteiger partial charge in [-0.3, -0.25) is 10.1 Å². The number of rotatable bonds is 4. The van der Waals surface area contributed by atoms with Crippen LogP contribution < -0.4 is 5.32 Å². The largest absolute Gasteiger partial charge is 0.360 e. The smallest absolute Gasteiger partial charge is 0.290 e. The summed E-state index contributed by atoms with van der Waals surface area (Å²) in [5, 5.41) is 14.0. The number of fused-ring (bicyclic) bond motifs is 1. The van der Waals surface area contributed by atoms with Gasteiger partial charge in [-0.05, 0) is 32.0 Å². The number of hydrogen-bond donors (Lipinski definition) is 2. The first kappa shape index (κ1) is 14.0. The van der Waals surface area contributed by atoms with Crippen LogP contribution in [0.3, 0.4) is 0 Å². The third-order valence-electron chi connectivity index (χ3n) is 3.44.